The first-order valence-corrected chi connectivity index (χ1v) is 7.10. The van der Waals surface area contributed by atoms with Gasteiger partial charge in [-0.25, -0.2) is 8.78 Å². The van der Waals surface area contributed by atoms with Crippen LogP contribution in [0.3, 0.4) is 0 Å². The molecule has 21 heavy (non-hydrogen) atoms. The molecule has 0 bridgehead atoms. The zero-order chi connectivity index (χ0) is 15.1. The lowest BCUT2D eigenvalue weighted by atomic mass is 10.1. The number of amides is 1. The Morgan fingerprint density at radius 2 is 1.90 bits per heavy atom. The van der Waals surface area contributed by atoms with E-state index in [4.69, 9.17) is 4.74 Å². The number of halogens is 2. The van der Waals surface area contributed by atoms with Crippen molar-refractivity contribution < 1.29 is 18.3 Å². The number of morpholine rings is 1. The van der Waals surface area contributed by atoms with Gasteiger partial charge in [0.1, 0.15) is 0 Å². The first kappa shape index (κ1) is 15.9. The first-order valence-electron chi connectivity index (χ1n) is 7.10. The van der Waals surface area contributed by atoms with Gasteiger partial charge in [-0.05, 0) is 5.56 Å². The van der Waals surface area contributed by atoms with Crippen LogP contribution in [0.2, 0.25) is 0 Å². The Hall–Kier alpha value is -1.53. The summed E-state index contributed by atoms with van der Waals surface area (Å²) in [7, 11) is 0. The van der Waals surface area contributed by atoms with Crippen molar-refractivity contribution in [3.8, 4) is 0 Å². The Morgan fingerprint density at radius 1 is 1.24 bits per heavy atom. The number of nitrogens with one attached hydrogen (secondary N) is 1. The number of rotatable bonds is 6. The van der Waals surface area contributed by atoms with Gasteiger partial charge in [0.15, 0.2) is 0 Å². The number of nitrogens with zero attached hydrogens (tertiary/aromatic N) is 1. The van der Waals surface area contributed by atoms with Gasteiger partial charge in [0, 0.05) is 38.2 Å². The Balaban J connectivity index is 1.66. The molecule has 1 aliphatic rings. The van der Waals surface area contributed by atoms with E-state index in [0.29, 0.717) is 45.8 Å². The maximum Gasteiger partial charge on any atom is 0.263 e. The Labute approximate surface area is 123 Å². The number of hydrogen-bond donors (Lipinski definition) is 1. The van der Waals surface area contributed by atoms with Crippen molar-refractivity contribution in [1.82, 2.24) is 10.2 Å². The molecule has 0 saturated carbocycles. The highest BCUT2D eigenvalue weighted by Crippen LogP contribution is 2.18. The van der Waals surface area contributed by atoms with Crippen molar-refractivity contribution in [2.24, 2.45) is 0 Å². The zero-order valence-electron chi connectivity index (χ0n) is 11.9. The molecule has 1 fully saturated rings. The van der Waals surface area contributed by atoms with Crippen molar-refractivity contribution in [2.75, 3.05) is 32.8 Å². The second-order valence-electron chi connectivity index (χ2n) is 4.96. The lowest BCUT2D eigenvalue weighted by Crippen LogP contribution is -2.41. The molecule has 4 nitrogen and oxygen atoms in total. The van der Waals surface area contributed by atoms with Gasteiger partial charge in [0.2, 0.25) is 5.91 Å². The van der Waals surface area contributed by atoms with Gasteiger partial charge in [-0.15, -0.1) is 0 Å². The van der Waals surface area contributed by atoms with E-state index in [1.165, 1.54) is 12.1 Å². The molecule has 2 rings (SSSR count). The molecule has 0 atom stereocenters. The fourth-order valence-corrected chi connectivity index (χ4v) is 2.18. The second kappa shape index (κ2) is 8.05. The van der Waals surface area contributed by atoms with E-state index in [-0.39, 0.29) is 11.5 Å². The standard InChI is InChI=1S/C15H20F2N2O2/c16-15(17)13-3-1-12(2-4-13)11-18-6-5-14(20)19-7-9-21-10-8-19/h1-4,15,18H,5-11H2. The van der Waals surface area contributed by atoms with Gasteiger partial charge < -0.3 is 15.0 Å². The van der Waals surface area contributed by atoms with E-state index in [9.17, 15) is 13.6 Å². The molecule has 0 aromatic heterocycles. The highest BCUT2D eigenvalue weighted by Gasteiger charge is 2.15. The van der Waals surface area contributed by atoms with Crippen molar-refractivity contribution in [3.63, 3.8) is 0 Å². The summed E-state index contributed by atoms with van der Waals surface area (Å²) in [5.74, 6) is 0.124. The van der Waals surface area contributed by atoms with Crippen LogP contribution in [-0.4, -0.2) is 43.7 Å². The molecule has 1 N–H and O–H groups in total. The average Bonchev–Trinajstić information content (AvgIpc) is 2.52. The maximum absolute atomic E-state index is 12.4. The van der Waals surface area contributed by atoms with Gasteiger partial charge in [0.25, 0.3) is 6.43 Å². The third-order valence-electron chi connectivity index (χ3n) is 3.44. The molecule has 0 spiro atoms. The van der Waals surface area contributed by atoms with Crippen LogP contribution in [0, 0.1) is 0 Å². The molecule has 1 aromatic rings. The molecule has 1 aliphatic heterocycles. The fraction of sp³-hybridized carbons (Fsp3) is 0.533. The highest BCUT2D eigenvalue weighted by molar-refractivity contribution is 5.76. The van der Waals surface area contributed by atoms with Crippen molar-refractivity contribution >= 4 is 5.91 Å². The van der Waals surface area contributed by atoms with Gasteiger partial charge in [-0.3, -0.25) is 4.79 Å². The zero-order valence-corrected chi connectivity index (χ0v) is 11.9. The summed E-state index contributed by atoms with van der Waals surface area (Å²) < 4.78 is 30.0. The lowest BCUT2D eigenvalue weighted by molar-refractivity contribution is -0.135. The third-order valence-corrected chi connectivity index (χ3v) is 3.44. The monoisotopic (exact) mass is 298 g/mol. The highest BCUT2D eigenvalue weighted by atomic mass is 19.3. The van der Waals surface area contributed by atoms with Crippen molar-refractivity contribution in [2.45, 2.75) is 19.4 Å². The second-order valence-corrected chi connectivity index (χ2v) is 4.96. The summed E-state index contributed by atoms with van der Waals surface area (Å²) in [5, 5.41) is 3.15. The van der Waals surface area contributed by atoms with E-state index in [1.54, 1.807) is 12.1 Å². The average molecular weight is 298 g/mol. The van der Waals surface area contributed by atoms with Crippen LogP contribution >= 0.6 is 0 Å². The molecule has 0 radical (unpaired) electrons. The summed E-state index contributed by atoms with van der Waals surface area (Å²) in [6.45, 7) is 3.68. The Kier molecular flexibility index (Phi) is 6.07. The molecule has 116 valence electrons. The molecule has 1 saturated heterocycles. The summed E-state index contributed by atoms with van der Waals surface area (Å²) in [6.07, 6.45) is -1.99. The van der Waals surface area contributed by atoms with E-state index in [0.717, 1.165) is 5.56 Å². The molecule has 0 unspecified atom stereocenters. The van der Waals surface area contributed by atoms with Crippen LogP contribution in [0.15, 0.2) is 24.3 Å². The largest absolute Gasteiger partial charge is 0.378 e. The van der Waals surface area contributed by atoms with E-state index < -0.39 is 6.43 Å². The number of carbonyl (C=O) groups excluding carboxylic acids is 1. The summed E-state index contributed by atoms with van der Waals surface area (Å²) in [5.41, 5.74) is 0.958. The van der Waals surface area contributed by atoms with E-state index >= 15 is 0 Å². The SMILES string of the molecule is O=C(CCNCc1ccc(C(F)F)cc1)N1CCOCC1. The number of benzene rings is 1. The van der Waals surface area contributed by atoms with Crippen LogP contribution < -0.4 is 5.32 Å². The van der Waals surface area contributed by atoms with Crippen molar-refractivity contribution in [3.05, 3.63) is 35.4 Å². The first-order chi connectivity index (χ1) is 10.2. The van der Waals surface area contributed by atoms with Crippen molar-refractivity contribution in [1.29, 1.82) is 0 Å². The number of alkyl halides is 2. The van der Waals surface area contributed by atoms with Crippen LogP contribution in [0.5, 0.6) is 0 Å². The van der Waals surface area contributed by atoms with Gasteiger partial charge in [0.05, 0.1) is 13.2 Å². The molecule has 1 heterocycles. The smallest absolute Gasteiger partial charge is 0.263 e. The quantitative estimate of drug-likeness (QED) is 0.816. The Morgan fingerprint density at radius 3 is 2.52 bits per heavy atom. The summed E-state index contributed by atoms with van der Waals surface area (Å²) in [4.78, 5) is 13.7. The topological polar surface area (TPSA) is 41.6 Å². The predicted molar refractivity (Wildman–Crippen MR) is 75.1 cm³/mol. The minimum Gasteiger partial charge on any atom is -0.378 e. The fourth-order valence-electron chi connectivity index (χ4n) is 2.18. The molecular weight excluding hydrogens is 278 g/mol. The van der Waals surface area contributed by atoms with Crippen LogP contribution in [0.4, 0.5) is 8.78 Å². The van der Waals surface area contributed by atoms with Gasteiger partial charge in [-0.2, -0.15) is 0 Å². The van der Waals surface area contributed by atoms with Gasteiger partial charge in [-0.1, -0.05) is 24.3 Å². The molecule has 1 amide bonds. The maximum atomic E-state index is 12.4. The van der Waals surface area contributed by atoms with E-state index in [1.807, 2.05) is 4.90 Å². The number of ether oxygens (including phenoxy) is 1. The van der Waals surface area contributed by atoms with Crippen LogP contribution in [0.25, 0.3) is 0 Å². The normalized spacial score (nSPS) is 15.5. The predicted octanol–water partition coefficient (Wildman–Crippen LogP) is 1.96. The minimum absolute atomic E-state index is 0.0289. The van der Waals surface area contributed by atoms with Crippen LogP contribution in [-0.2, 0) is 16.1 Å². The number of hydrogen-bond acceptors (Lipinski definition) is 3. The third kappa shape index (κ3) is 5.06. The minimum atomic E-state index is -2.43. The molecular formula is C15H20F2N2O2. The molecule has 6 heteroatoms. The molecule has 1 aromatic carbocycles. The Bertz CT molecular complexity index is 445. The van der Waals surface area contributed by atoms with E-state index in [2.05, 4.69) is 5.32 Å². The lowest BCUT2D eigenvalue weighted by Gasteiger charge is -2.26. The van der Waals surface area contributed by atoms with Gasteiger partial charge >= 0.3 is 0 Å². The number of carbonyl (C=O) groups is 1. The summed E-state index contributed by atoms with van der Waals surface area (Å²) >= 11 is 0. The molecule has 0 aliphatic carbocycles. The van der Waals surface area contributed by atoms with Crippen LogP contribution in [0.1, 0.15) is 24.0 Å². The summed E-state index contributed by atoms with van der Waals surface area (Å²) in [6, 6.07) is 6.22.